The molecule has 0 amide bonds. The lowest BCUT2D eigenvalue weighted by Crippen LogP contribution is -2.23. The number of aromatic nitrogens is 1. The minimum atomic E-state index is -4.66. The standard InChI is InChI=1S/C16H12ClF3N2O3S2/c1-9-14(27(23,24)21-8-10-4-2-3-5-11(10)17)7-13(26-9)12-6-15(25-22-12)16(18,19)20/h2-7,21H,8H2,1H3. The van der Waals surface area contributed by atoms with Crippen molar-refractivity contribution in [3.8, 4) is 10.6 Å². The van der Waals surface area contributed by atoms with Gasteiger partial charge in [-0.3, -0.25) is 0 Å². The molecule has 27 heavy (non-hydrogen) atoms. The highest BCUT2D eigenvalue weighted by Gasteiger charge is 2.36. The molecular weight excluding hydrogens is 425 g/mol. The van der Waals surface area contributed by atoms with Gasteiger partial charge in [0.1, 0.15) is 5.69 Å². The molecule has 1 N–H and O–H groups in total. The molecule has 0 aliphatic heterocycles. The number of aryl methyl sites for hydroxylation is 1. The first-order valence-electron chi connectivity index (χ1n) is 7.46. The van der Waals surface area contributed by atoms with Crippen LogP contribution in [0.1, 0.15) is 16.2 Å². The maximum Gasteiger partial charge on any atom is 0.452 e. The van der Waals surface area contributed by atoms with E-state index in [9.17, 15) is 21.6 Å². The van der Waals surface area contributed by atoms with Crippen LogP contribution in [-0.4, -0.2) is 13.6 Å². The molecule has 11 heteroatoms. The number of hydrogen-bond donors (Lipinski definition) is 1. The number of nitrogens with zero attached hydrogens (tertiary/aromatic N) is 1. The molecule has 2 aromatic heterocycles. The number of alkyl halides is 3. The molecule has 0 unspecified atom stereocenters. The van der Waals surface area contributed by atoms with E-state index in [1.165, 1.54) is 6.07 Å². The van der Waals surface area contributed by atoms with Crippen molar-refractivity contribution in [2.75, 3.05) is 0 Å². The van der Waals surface area contributed by atoms with Crippen molar-refractivity contribution < 1.29 is 26.1 Å². The van der Waals surface area contributed by atoms with E-state index in [-0.39, 0.29) is 22.0 Å². The fourth-order valence-electron chi connectivity index (χ4n) is 2.28. The van der Waals surface area contributed by atoms with Crippen LogP contribution in [0, 0.1) is 6.92 Å². The molecule has 0 saturated carbocycles. The summed E-state index contributed by atoms with van der Waals surface area (Å²) in [4.78, 5) is 0.629. The Labute approximate surface area is 161 Å². The number of nitrogens with one attached hydrogen (secondary N) is 1. The minimum absolute atomic E-state index is 0.0190. The molecule has 0 radical (unpaired) electrons. The van der Waals surface area contributed by atoms with Crippen molar-refractivity contribution in [3.63, 3.8) is 0 Å². The highest BCUT2D eigenvalue weighted by atomic mass is 35.5. The van der Waals surface area contributed by atoms with Gasteiger partial charge in [0.2, 0.25) is 15.8 Å². The van der Waals surface area contributed by atoms with E-state index in [2.05, 4.69) is 14.4 Å². The first-order chi connectivity index (χ1) is 12.6. The monoisotopic (exact) mass is 436 g/mol. The minimum Gasteiger partial charge on any atom is -0.351 e. The fourth-order valence-corrected chi connectivity index (χ4v) is 5.03. The van der Waals surface area contributed by atoms with Gasteiger partial charge in [0.25, 0.3) is 0 Å². The summed E-state index contributed by atoms with van der Waals surface area (Å²) in [6.07, 6.45) is -4.66. The Balaban J connectivity index is 1.85. The maximum absolute atomic E-state index is 12.6. The molecular formula is C16H12ClF3N2O3S2. The Hall–Kier alpha value is -1.88. The molecule has 3 rings (SSSR count). The molecule has 0 bridgehead atoms. The summed E-state index contributed by atoms with van der Waals surface area (Å²) < 4.78 is 69.8. The Bertz CT molecular complexity index is 1070. The largest absolute Gasteiger partial charge is 0.452 e. The Morgan fingerprint density at radius 2 is 1.96 bits per heavy atom. The molecule has 5 nitrogen and oxygen atoms in total. The summed E-state index contributed by atoms with van der Waals surface area (Å²) in [6, 6.07) is 8.79. The van der Waals surface area contributed by atoms with Gasteiger partial charge in [-0.15, -0.1) is 11.3 Å². The molecule has 0 aliphatic rings. The molecule has 144 valence electrons. The predicted molar refractivity (Wildman–Crippen MR) is 95.0 cm³/mol. The highest BCUT2D eigenvalue weighted by molar-refractivity contribution is 7.89. The predicted octanol–water partition coefficient (Wildman–Crippen LogP) is 4.86. The van der Waals surface area contributed by atoms with E-state index >= 15 is 0 Å². The SMILES string of the molecule is Cc1sc(-c2cc(C(F)(F)F)on2)cc1S(=O)(=O)NCc1ccccc1Cl. The lowest BCUT2D eigenvalue weighted by molar-refractivity contribution is -0.155. The van der Waals surface area contributed by atoms with Crippen LogP contribution in [0.5, 0.6) is 0 Å². The number of rotatable bonds is 5. The zero-order valence-electron chi connectivity index (χ0n) is 13.7. The van der Waals surface area contributed by atoms with E-state index in [1.54, 1.807) is 31.2 Å². The van der Waals surface area contributed by atoms with Crippen LogP contribution in [0.2, 0.25) is 5.02 Å². The van der Waals surface area contributed by atoms with Gasteiger partial charge in [-0.05, 0) is 24.6 Å². The van der Waals surface area contributed by atoms with Crippen LogP contribution in [0.25, 0.3) is 10.6 Å². The van der Waals surface area contributed by atoms with Gasteiger partial charge in [-0.25, -0.2) is 13.1 Å². The lowest BCUT2D eigenvalue weighted by Gasteiger charge is -2.07. The van der Waals surface area contributed by atoms with Crippen LogP contribution in [0.4, 0.5) is 13.2 Å². The Kier molecular flexibility index (Phi) is 5.35. The number of sulfonamides is 1. The van der Waals surface area contributed by atoms with Crippen molar-refractivity contribution in [3.05, 3.63) is 57.6 Å². The van der Waals surface area contributed by atoms with Crippen LogP contribution in [0.15, 0.2) is 45.8 Å². The van der Waals surface area contributed by atoms with Gasteiger partial charge < -0.3 is 4.52 Å². The number of benzene rings is 1. The summed E-state index contributed by atoms with van der Waals surface area (Å²) in [5.74, 6) is -1.25. The quantitative estimate of drug-likeness (QED) is 0.619. The second kappa shape index (κ2) is 7.27. The van der Waals surface area contributed by atoms with Gasteiger partial charge in [-0.1, -0.05) is 35.0 Å². The van der Waals surface area contributed by atoms with Crippen LogP contribution < -0.4 is 4.72 Å². The summed E-state index contributed by atoms with van der Waals surface area (Å²) in [5.41, 5.74) is 0.519. The third-order valence-corrected chi connectivity index (χ3v) is 6.71. The summed E-state index contributed by atoms with van der Waals surface area (Å²) >= 11 is 7.02. The topological polar surface area (TPSA) is 72.2 Å². The van der Waals surface area contributed by atoms with E-state index < -0.39 is 22.0 Å². The second-order valence-electron chi connectivity index (χ2n) is 5.52. The van der Waals surface area contributed by atoms with Crippen molar-refractivity contribution in [2.24, 2.45) is 0 Å². The first-order valence-corrected chi connectivity index (χ1v) is 10.1. The average molecular weight is 437 g/mol. The van der Waals surface area contributed by atoms with Gasteiger partial charge in [-0.2, -0.15) is 13.2 Å². The molecule has 3 aromatic rings. The van der Waals surface area contributed by atoms with Gasteiger partial charge in [0.15, 0.2) is 0 Å². The van der Waals surface area contributed by atoms with Gasteiger partial charge in [0.05, 0.1) is 9.77 Å². The van der Waals surface area contributed by atoms with E-state index in [0.29, 0.717) is 15.5 Å². The normalized spacial score (nSPS) is 12.5. The van der Waals surface area contributed by atoms with Crippen LogP contribution in [0.3, 0.4) is 0 Å². The Morgan fingerprint density at radius 3 is 2.59 bits per heavy atom. The molecule has 0 saturated heterocycles. The zero-order chi connectivity index (χ0) is 19.8. The lowest BCUT2D eigenvalue weighted by atomic mass is 10.2. The van der Waals surface area contributed by atoms with Crippen LogP contribution >= 0.6 is 22.9 Å². The van der Waals surface area contributed by atoms with E-state index in [4.69, 9.17) is 11.6 Å². The summed E-state index contributed by atoms with van der Waals surface area (Å²) in [7, 11) is -3.89. The van der Waals surface area contributed by atoms with Crippen molar-refractivity contribution in [2.45, 2.75) is 24.5 Å². The maximum atomic E-state index is 12.6. The third-order valence-electron chi connectivity index (χ3n) is 3.61. The molecule has 0 aliphatic carbocycles. The molecule has 0 atom stereocenters. The van der Waals surface area contributed by atoms with E-state index in [1.807, 2.05) is 0 Å². The molecule has 2 heterocycles. The number of halogens is 4. The van der Waals surface area contributed by atoms with Crippen LogP contribution in [-0.2, 0) is 22.7 Å². The average Bonchev–Trinajstić information content (AvgIpc) is 3.20. The Morgan fingerprint density at radius 1 is 1.26 bits per heavy atom. The summed E-state index contributed by atoms with van der Waals surface area (Å²) in [6.45, 7) is 1.54. The van der Waals surface area contributed by atoms with Gasteiger partial charge in [0, 0.05) is 22.5 Å². The molecule has 1 aromatic carbocycles. The number of hydrogen-bond acceptors (Lipinski definition) is 5. The second-order valence-corrected chi connectivity index (χ2v) is 8.92. The molecule has 0 spiro atoms. The highest BCUT2D eigenvalue weighted by Crippen LogP contribution is 2.36. The third kappa shape index (κ3) is 4.34. The van der Waals surface area contributed by atoms with Crippen molar-refractivity contribution in [1.29, 1.82) is 0 Å². The summed E-state index contributed by atoms with van der Waals surface area (Å²) in [5, 5.41) is 3.80. The smallest absolute Gasteiger partial charge is 0.351 e. The van der Waals surface area contributed by atoms with Crippen molar-refractivity contribution >= 4 is 33.0 Å². The number of thiophene rings is 1. The first kappa shape index (κ1) is 19.9. The van der Waals surface area contributed by atoms with Crippen molar-refractivity contribution in [1.82, 2.24) is 9.88 Å². The zero-order valence-corrected chi connectivity index (χ0v) is 16.1. The fraction of sp³-hybridized carbons (Fsp3) is 0.188. The van der Waals surface area contributed by atoms with Gasteiger partial charge >= 0.3 is 6.18 Å². The molecule has 0 fully saturated rings. The van der Waals surface area contributed by atoms with E-state index in [0.717, 1.165) is 17.4 Å².